The average molecular weight is 268 g/mol. The zero-order valence-corrected chi connectivity index (χ0v) is 12.0. The molecule has 0 amide bonds. The highest BCUT2D eigenvalue weighted by Gasteiger charge is 2.19. The van der Waals surface area contributed by atoms with Crippen molar-refractivity contribution in [3.05, 3.63) is 48.2 Å². The van der Waals surface area contributed by atoms with Gasteiger partial charge in [-0.2, -0.15) is 0 Å². The van der Waals surface area contributed by atoms with Crippen molar-refractivity contribution in [3.8, 4) is 0 Å². The SMILES string of the molecule is CNc1ccc(CN2CCN(C)c3ccccc32)cn1. The second kappa shape index (κ2) is 5.41. The molecule has 2 aromatic rings. The van der Waals surface area contributed by atoms with Crippen molar-refractivity contribution in [2.45, 2.75) is 6.54 Å². The first-order valence-electron chi connectivity index (χ1n) is 6.96. The number of rotatable bonds is 3. The topological polar surface area (TPSA) is 31.4 Å². The zero-order valence-electron chi connectivity index (χ0n) is 12.0. The lowest BCUT2D eigenvalue weighted by Crippen LogP contribution is -2.38. The van der Waals surface area contributed by atoms with Crippen molar-refractivity contribution in [1.29, 1.82) is 0 Å². The van der Waals surface area contributed by atoms with Gasteiger partial charge >= 0.3 is 0 Å². The number of aromatic nitrogens is 1. The number of hydrogen-bond acceptors (Lipinski definition) is 4. The first kappa shape index (κ1) is 12.8. The van der Waals surface area contributed by atoms with Crippen molar-refractivity contribution in [3.63, 3.8) is 0 Å². The summed E-state index contributed by atoms with van der Waals surface area (Å²) in [7, 11) is 4.04. The Hall–Kier alpha value is -2.23. The highest BCUT2D eigenvalue weighted by atomic mass is 15.2. The van der Waals surface area contributed by atoms with Gasteiger partial charge in [-0.1, -0.05) is 18.2 Å². The molecule has 4 heteroatoms. The summed E-state index contributed by atoms with van der Waals surface area (Å²) in [4.78, 5) is 9.12. The van der Waals surface area contributed by atoms with Crippen molar-refractivity contribution in [1.82, 2.24) is 4.98 Å². The molecule has 0 bridgehead atoms. The molecule has 4 nitrogen and oxygen atoms in total. The highest BCUT2D eigenvalue weighted by molar-refractivity contribution is 5.73. The second-order valence-electron chi connectivity index (χ2n) is 5.13. The van der Waals surface area contributed by atoms with Gasteiger partial charge in [-0.05, 0) is 23.8 Å². The van der Waals surface area contributed by atoms with Crippen molar-refractivity contribution in [2.75, 3.05) is 42.3 Å². The van der Waals surface area contributed by atoms with Crippen LogP contribution in [0, 0.1) is 0 Å². The number of nitrogens with one attached hydrogen (secondary N) is 1. The standard InChI is InChI=1S/C16H20N4/c1-17-16-8-7-13(11-18-16)12-20-10-9-19(2)14-5-3-4-6-15(14)20/h3-8,11H,9-10,12H2,1-2H3,(H,17,18). The quantitative estimate of drug-likeness (QED) is 0.927. The fourth-order valence-electron chi connectivity index (χ4n) is 2.62. The van der Waals surface area contributed by atoms with Gasteiger partial charge in [-0.15, -0.1) is 0 Å². The van der Waals surface area contributed by atoms with Gasteiger partial charge in [-0.3, -0.25) is 0 Å². The Labute approximate surface area is 120 Å². The number of para-hydroxylation sites is 2. The van der Waals surface area contributed by atoms with Gasteiger partial charge < -0.3 is 15.1 Å². The van der Waals surface area contributed by atoms with E-state index in [4.69, 9.17) is 0 Å². The van der Waals surface area contributed by atoms with Gasteiger partial charge in [0.1, 0.15) is 5.82 Å². The molecule has 0 saturated carbocycles. The molecule has 0 spiro atoms. The minimum Gasteiger partial charge on any atom is -0.373 e. The fourth-order valence-corrected chi connectivity index (χ4v) is 2.62. The molecule has 0 aliphatic carbocycles. The van der Waals surface area contributed by atoms with Crippen LogP contribution in [0.4, 0.5) is 17.2 Å². The lowest BCUT2D eigenvalue weighted by atomic mass is 10.1. The minimum absolute atomic E-state index is 0.905. The normalized spacial score (nSPS) is 14.1. The van der Waals surface area contributed by atoms with E-state index in [2.05, 4.69) is 57.5 Å². The molecule has 0 unspecified atom stereocenters. The molecule has 1 aromatic heterocycles. The molecule has 1 N–H and O–H groups in total. The van der Waals surface area contributed by atoms with Crippen LogP contribution in [0.5, 0.6) is 0 Å². The number of benzene rings is 1. The van der Waals surface area contributed by atoms with Crippen LogP contribution in [0.3, 0.4) is 0 Å². The number of likely N-dealkylation sites (N-methyl/N-ethyl adjacent to an activating group) is 1. The van der Waals surface area contributed by atoms with E-state index in [9.17, 15) is 0 Å². The highest BCUT2D eigenvalue weighted by Crippen LogP contribution is 2.32. The van der Waals surface area contributed by atoms with E-state index in [1.54, 1.807) is 0 Å². The maximum atomic E-state index is 4.39. The van der Waals surface area contributed by atoms with Crippen LogP contribution in [0.2, 0.25) is 0 Å². The lowest BCUT2D eigenvalue weighted by Gasteiger charge is -2.37. The number of nitrogens with zero attached hydrogens (tertiary/aromatic N) is 3. The second-order valence-corrected chi connectivity index (χ2v) is 5.13. The van der Waals surface area contributed by atoms with Gasteiger partial charge in [0.25, 0.3) is 0 Å². The maximum Gasteiger partial charge on any atom is 0.125 e. The molecule has 0 radical (unpaired) electrons. The molecule has 3 rings (SSSR count). The van der Waals surface area contributed by atoms with E-state index in [1.807, 2.05) is 19.3 Å². The molecule has 1 aromatic carbocycles. The molecule has 1 aliphatic heterocycles. The van der Waals surface area contributed by atoms with Crippen LogP contribution in [-0.2, 0) is 6.54 Å². The Kier molecular flexibility index (Phi) is 3.46. The van der Waals surface area contributed by atoms with Gasteiger partial charge in [0, 0.05) is 39.9 Å². The Morgan fingerprint density at radius 1 is 1.10 bits per heavy atom. The molecule has 2 heterocycles. The molecule has 0 saturated heterocycles. The van der Waals surface area contributed by atoms with Gasteiger partial charge in [0.15, 0.2) is 0 Å². The van der Waals surface area contributed by atoms with Crippen molar-refractivity contribution < 1.29 is 0 Å². The third-order valence-electron chi connectivity index (χ3n) is 3.79. The summed E-state index contributed by atoms with van der Waals surface area (Å²) < 4.78 is 0. The smallest absolute Gasteiger partial charge is 0.125 e. The third-order valence-corrected chi connectivity index (χ3v) is 3.79. The molecule has 104 valence electrons. The Bertz CT molecular complexity index is 579. The summed E-state index contributed by atoms with van der Waals surface area (Å²) in [5, 5.41) is 3.05. The lowest BCUT2D eigenvalue weighted by molar-refractivity contribution is 0.733. The van der Waals surface area contributed by atoms with E-state index < -0.39 is 0 Å². The van der Waals surface area contributed by atoms with Crippen LogP contribution >= 0.6 is 0 Å². The van der Waals surface area contributed by atoms with E-state index in [-0.39, 0.29) is 0 Å². The molecule has 20 heavy (non-hydrogen) atoms. The van der Waals surface area contributed by atoms with Gasteiger partial charge in [0.2, 0.25) is 0 Å². The number of anilines is 3. The molecular weight excluding hydrogens is 248 g/mol. The van der Waals surface area contributed by atoms with Crippen LogP contribution in [0.15, 0.2) is 42.6 Å². The predicted octanol–water partition coefficient (Wildman–Crippen LogP) is 2.58. The Balaban J connectivity index is 1.82. The first-order valence-corrected chi connectivity index (χ1v) is 6.96. The summed E-state index contributed by atoms with van der Waals surface area (Å²) >= 11 is 0. The fraction of sp³-hybridized carbons (Fsp3) is 0.312. The summed E-state index contributed by atoms with van der Waals surface area (Å²) in [6.45, 7) is 3.00. The summed E-state index contributed by atoms with van der Waals surface area (Å²) in [5.74, 6) is 0.910. The molecule has 0 fully saturated rings. The van der Waals surface area contributed by atoms with E-state index in [0.717, 1.165) is 25.5 Å². The minimum atomic E-state index is 0.905. The zero-order chi connectivity index (χ0) is 13.9. The monoisotopic (exact) mass is 268 g/mol. The maximum absolute atomic E-state index is 4.39. The Morgan fingerprint density at radius 3 is 2.60 bits per heavy atom. The molecule has 0 atom stereocenters. The number of pyridine rings is 1. The largest absolute Gasteiger partial charge is 0.373 e. The number of hydrogen-bond donors (Lipinski definition) is 1. The Morgan fingerprint density at radius 2 is 1.90 bits per heavy atom. The molecular formula is C16H20N4. The summed E-state index contributed by atoms with van der Waals surface area (Å²) in [6, 6.07) is 12.7. The average Bonchev–Trinajstić information content (AvgIpc) is 2.51. The molecule has 1 aliphatic rings. The predicted molar refractivity (Wildman–Crippen MR) is 84.5 cm³/mol. The third kappa shape index (κ3) is 2.41. The van der Waals surface area contributed by atoms with E-state index in [0.29, 0.717) is 0 Å². The van der Waals surface area contributed by atoms with Gasteiger partial charge in [-0.25, -0.2) is 4.98 Å². The van der Waals surface area contributed by atoms with Crippen LogP contribution in [0.25, 0.3) is 0 Å². The van der Waals surface area contributed by atoms with Crippen LogP contribution in [-0.4, -0.2) is 32.2 Å². The van der Waals surface area contributed by atoms with Crippen molar-refractivity contribution in [2.24, 2.45) is 0 Å². The summed E-state index contributed by atoms with van der Waals surface area (Å²) in [6.07, 6.45) is 1.95. The number of fused-ring (bicyclic) bond motifs is 1. The summed E-state index contributed by atoms with van der Waals surface area (Å²) in [5.41, 5.74) is 3.85. The first-order chi connectivity index (χ1) is 9.78. The van der Waals surface area contributed by atoms with Crippen molar-refractivity contribution >= 4 is 17.2 Å². The van der Waals surface area contributed by atoms with Gasteiger partial charge in [0.05, 0.1) is 11.4 Å². The van der Waals surface area contributed by atoms with E-state index in [1.165, 1.54) is 16.9 Å². The van der Waals surface area contributed by atoms with Crippen LogP contribution in [0.1, 0.15) is 5.56 Å². The van der Waals surface area contributed by atoms with Crippen LogP contribution < -0.4 is 15.1 Å². The van der Waals surface area contributed by atoms with E-state index >= 15 is 0 Å².